The molecular formula is C19H18N6O. The van der Waals surface area contributed by atoms with Crippen molar-refractivity contribution in [2.24, 2.45) is 5.10 Å². The lowest BCUT2D eigenvalue weighted by molar-refractivity contribution is 0.415. The molecule has 0 fully saturated rings. The van der Waals surface area contributed by atoms with Gasteiger partial charge in [-0.3, -0.25) is 0 Å². The molecule has 0 saturated heterocycles. The van der Waals surface area contributed by atoms with Gasteiger partial charge in [-0.1, -0.05) is 11.6 Å². The van der Waals surface area contributed by atoms with Gasteiger partial charge in [0, 0.05) is 10.9 Å². The van der Waals surface area contributed by atoms with Gasteiger partial charge < -0.3 is 9.72 Å². The molecule has 0 amide bonds. The van der Waals surface area contributed by atoms with Crippen molar-refractivity contribution >= 4 is 33.7 Å². The van der Waals surface area contributed by atoms with E-state index in [1.807, 2.05) is 50.2 Å². The van der Waals surface area contributed by atoms with Crippen LogP contribution in [-0.4, -0.2) is 33.0 Å². The maximum absolute atomic E-state index is 5.16. The summed E-state index contributed by atoms with van der Waals surface area (Å²) in [5.74, 6) is 1.15. The third-order valence-electron chi connectivity index (χ3n) is 4.20. The third kappa shape index (κ3) is 2.95. The number of nitrogens with zero attached hydrogens (tertiary/aromatic N) is 4. The van der Waals surface area contributed by atoms with E-state index in [9.17, 15) is 0 Å². The number of rotatable bonds is 4. The molecule has 0 aliphatic rings. The molecule has 0 bridgehead atoms. The summed E-state index contributed by atoms with van der Waals surface area (Å²) in [6.45, 7) is 3.96. The summed E-state index contributed by atoms with van der Waals surface area (Å²) in [5, 5.41) is 13.8. The molecule has 26 heavy (non-hydrogen) atoms. The number of benzene rings is 2. The Hall–Kier alpha value is -3.48. The topological polar surface area (TPSA) is 88.1 Å². The third-order valence-corrected chi connectivity index (χ3v) is 4.20. The monoisotopic (exact) mass is 346 g/mol. The highest BCUT2D eigenvalue weighted by Gasteiger charge is 2.09. The molecule has 0 radical (unpaired) electrons. The highest BCUT2D eigenvalue weighted by molar-refractivity contribution is 6.03. The summed E-state index contributed by atoms with van der Waals surface area (Å²) >= 11 is 0. The van der Waals surface area contributed by atoms with Crippen LogP contribution in [0.3, 0.4) is 0 Å². The molecule has 0 atom stereocenters. The van der Waals surface area contributed by atoms with Crippen LogP contribution in [0.2, 0.25) is 0 Å². The lowest BCUT2D eigenvalue weighted by atomic mass is 10.1. The van der Waals surface area contributed by atoms with Gasteiger partial charge in [0.25, 0.3) is 5.95 Å². The summed E-state index contributed by atoms with van der Waals surface area (Å²) in [7, 11) is 1.64. The van der Waals surface area contributed by atoms with Gasteiger partial charge in [-0.2, -0.15) is 10.1 Å². The van der Waals surface area contributed by atoms with Crippen LogP contribution >= 0.6 is 0 Å². The molecule has 0 unspecified atom stereocenters. The minimum atomic E-state index is 0.341. The predicted molar refractivity (Wildman–Crippen MR) is 103 cm³/mol. The first-order valence-electron chi connectivity index (χ1n) is 8.21. The van der Waals surface area contributed by atoms with Crippen molar-refractivity contribution in [1.82, 2.24) is 20.2 Å². The summed E-state index contributed by atoms with van der Waals surface area (Å²) in [5.41, 5.74) is 8.25. The Kier molecular flexibility index (Phi) is 3.96. The molecule has 2 aromatic carbocycles. The van der Waals surface area contributed by atoms with Crippen LogP contribution < -0.4 is 10.2 Å². The Balaban J connectivity index is 1.61. The number of aryl methyl sites for hydroxylation is 1. The highest BCUT2D eigenvalue weighted by Crippen LogP contribution is 2.23. The van der Waals surface area contributed by atoms with Crippen LogP contribution in [-0.2, 0) is 0 Å². The molecule has 0 saturated carbocycles. The number of hydrogen-bond donors (Lipinski definition) is 2. The molecule has 2 heterocycles. The van der Waals surface area contributed by atoms with Crippen molar-refractivity contribution in [3.63, 3.8) is 0 Å². The van der Waals surface area contributed by atoms with E-state index in [0.717, 1.165) is 33.4 Å². The van der Waals surface area contributed by atoms with Gasteiger partial charge in [-0.15, -0.1) is 10.2 Å². The Morgan fingerprint density at radius 2 is 1.92 bits per heavy atom. The quantitative estimate of drug-likeness (QED) is 0.435. The van der Waals surface area contributed by atoms with E-state index in [0.29, 0.717) is 11.6 Å². The van der Waals surface area contributed by atoms with Crippen molar-refractivity contribution in [1.29, 1.82) is 0 Å². The number of nitrogens with one attached hydrogen (secondary N) is 2. The van der Waals surface area contributed by atoms with Crippen molar-refractivity contribution in [3.8, 4) is 5.75 Å². The normalized spacial score (nSPS) is 11.9. The van der Waals surface area contributed by atoms with Crippen LogP contribution in [0.5, 0.6) is 5.75 Å². The van der Waals surface area contributed by atoms with Gasteiger partial charge in [0.05, 0.1) is 12.8 Å². The molecule has 2 aromatic heterocycles. The second-order valence-corrected chi connectivity index (χ2v) is 6.04. The standard InChI is InChI=1S/C19H18N6O/c1-11-4-9-16-15(10-11)17-18(20-16)21-19(25-23-17)24-22-12(2)13-5-7-14(26-3)8-6-13/h4-10H,1-3H3,(H2,20,21,24,25)/b22-12+. The van der Waals surface area contributed by atoms with E-state index >= 15 is 0 Å². The molecule has 2 N–H and O–H groups in total. The molecule has 130 valence electrons. The zero-order valence-corrected chi connectivity index (χ0v) is 14.7. The molecule has 7 nitrogen and oxygen atoms in total. The number of hydrogen-bond acceptors (Lipinski definition) is 6. The number of aromatic nitrogens is 4. The molecule has 7 heteroatoms. The van der Waals surface area contributed by atoms with Crippen LogP contribution in [0.4, 0.5) is 5.95 Å². The van der Waals surface area contributed by atoms with E-state index in [-0.39, 0.29) is 0 Å². The SMILES string of the molecule is COc1ccc(/C(C)=N/Nc2nnc3c(n2)[nH]c2ccc(C)cc23)cc1. The zero-order valence-electron chi connectivity index (χ0n) is 14.7. The number of anilines is 1. The lowest BCUT2D eigenvalue weighted by Crippen LogP contribution is -2.03. The maximum atomic E-state index is 5.16. The van der Waals surface area contributed by atoms with Gasteiger partial charge in [-0.05, 0) is 55.8 Å². The minimum Gasteiger partial charge on any atom is -0.497 e. The second-order valence-electron chi connectivity index (χ2n) is 6.04. The first kappa shape index (κ1) is 16.0. The molecule has 0 aliphatic carbocycles. The van der Waals surface area contributed by atoms with Gasteiger partial charge >= 0.3 is 0 Å². The maximum Gasteiger partial charge on any atom is 0.265 e. The molecular weight excluding hydrogens is 328 g/mol. The second kappa shape index (κ2) is 6.44. The average Bonchev–Trinajstić information content (AvgIpc) is 3.03. The number of aromatic amines is 1. The fraction of sp³-hybridized carbons (Fsp3) is 0.158. The number of fused-ring (bicyclic) bond motifs is 3. The molecule has 0 spiro atoms. The first-order valence-corrected chi connectivity index (χ1v) is 8.21. The van der Waals surface area contributed by atoms with Crippen molar-refractivity contribution in [2.75, 3.05) is 12.5 Å². The van der Waals surface area contributed by atoms with E-state index in [4.69, 9.17) is 4.74 Å². The summed E-state index contributed by atoms with van der Waals surface area (Å²) in [4.78, 5) is 7.73. The van der Waals surface area contributed by atoms with Crippen LogP contribution in [0.15, 0.2) is 47.6 Å². The van der Waals surface area contributed by atoms with Gasteiger partial charge in [-0.25, -0.2) is 5.43 Å². The Bertz CT molecular complexity index is 1110. The Morgan fingerprint density at radius 1 is 1.12 bits per heavy atom. The van der Waals surface area contributed by atoms with Crippen LogP contribution in [0.1, 0.15) is 18.1 Å². The Labute approximate surface area is 150 Å². The summed E-state index contributed by atoms with van der Waals surface area (Å²) in [6, 6.07) is 13.8. The predicted octanol–water partition coefficient (Wildman–Crippen LogP) is 3.66. The van der Waals surface area contributed by atoms with Crippen molar-refractivity contribution in [2.45, 2.75) is 13.8 Å². The minimum absolute atomic E-state index is 0.341. The summed E-state index contributed by atoms with van der Waals surface area (Å²) < 4.78 is 5.16. The molecule has 4 rings (SSSR count). The zero-order chi connectivity index (χ0) is 18.1. The number of H-pyrrole nitrogens is 1. The number of methoxy groups -OCH3 is 1. The van der Waals surface area contributed by atoms with E-state index < -0.39 is 0 Å². The van der Waals surface area contributed by atoms with Crippen molar-refractivity contribution in [3.05, 3.63) is 53.6 Å². The van der Waals surface area contributed by atoms with Gasteiger partial charge in [0.2, 0.25) is 0 Å². The smallest absolute Gasteiger partial charge is 0.265 e. The summed E-state index contributed by atoms with van der Waals surface area (Å²) in [6.07, 6.45) is 0. The number of hydrazone groups is 1. The lowest BCUT2D eigenvalue weighted by Gasteiger charge is -2.04. The highest BCUT2D eigenvalue weighted by atomic mass is 16.5. The van der Waals surface area contributed by atoms with Crippen molar-refractivity contribution < 1.29 is 4.74 Å². The van der Waals surface area contributed by atoms with E-state index in [2.05, 4.69) is 36.8 Å². The van der Waals surface area contributed by atoms with Gasteiger partial charge in [0.1, 0.15) is 11.3 Å². The fourth-order valence-electron chi connectivity index (χ4n) is 2.76. The fourth-order valence-corrected chi connectivity index (χ4v) is 2.76. The average molecular weight is 346 g/mol. The van der Waals surface area contributed by atoms with E-state index in [1.165, 1.54) is 5.56 Å². The van der Waals surface area contributed by atoms with Gasteiger partial charge in [0.15, 0.2) is 5.65 Å². The largest absolute Gasteiger partial charge is 0.497 e. The first-order chi connectivity index (χ1) is 12.6. The molecule has 4 aromatic rings. The van der Waals surface area contributed by atoms with E-state index in [1.54, 1.807) is 7.11 Å². The van der Waals surface area contributed by atoms with Crippen LogP contribution in [0.25, 0.3) is 22.1 Å². The number of ether oxygens (including phenoxy) is 1. The van der Waals surface area contributed by atoms with Crippen LogP contribution in [0, 0.1) is 6.92 Å². The molecule has 0 aliphatic heterocycles. The Morgan fingerprint density at radius 3 is 2.69 bits per heavy atom.